The fourth-order valence-electron chi connectivity index (χ4n) is 0.845. The highest BCUT2D eigenvalue weighted by Gasteiger charge is 2.14. The zero-order chi connectivity index (χ0) is 10.7. The number of hydrogen-bond donors (Lipinski definition) is 0. The first kappa shape index (κ1) is 11.0. The lowest BCUT2D eigenvalue weighted by molar-refractivity contribution is 0.0595. The van der Waals surface area contributed by atoms with E-state index < -0.39 is 0 Å². The van der Waals surface area contributed by atoms with E-state index in [4.69, 9.17) is 0 Å². The van der Waals surface area contributed by atoms with Gasteiger partial charge in [0.05, 0.1) is 7.11 Å². The predicted octanol–water partition coefficient (Wildman–Crippen LogP) is 1.77. The number of thiazole rings is 1. The Bertz CT molecular complexity index is 322. The summed E-state index contributed by atoms with van der Waals surface area (Å²) in [6, 6.07) is 0.367. The van der Waals surface area contributed by atoms with Crippen LogP contribution in [0.4, 0.5) is 5.13 Å². The lowest BCUT2D eigenvalue weighted by Crippen LogP contribution is -2.25. The zero-order valence-corrected chi connectivity index (χ0v) is 9.59. The maximum atomic E-state index is 11.1. The van der Waals surface area contributed by atoms with Crippen molar-refractivity contribution in [2.24, 2.45) is 0 Å². The molecule has 0 aliphatic heterocycles. The molecule has 0 fully saturated rings. The van der Waals surface area contributed by atoms with Crippen LogP contribution in [-0.4, -0.2) is 31.2 Å². The molecule has 1 aromatic heterocycles. The highest BCUT2D eigenvalue weighted by Crippen LogP contribution is 2.21. The van der Waals surface area contributed by atoms with Crippen molar-refractivity contribution in [2.45, 2.75) is 19.9 Å². The average Bonchev–Trinajstić information content (AvgIpc) is 2.64. The molecule has 0 bridgehead atoms. The molecular weight excluding hydrogens is 200 g/mol. The molecular formula is C9H14N2O2S. The number of carbonyl (C=O) groups is 1. The minimum Gasteiger partial charge on any atom is -0.464 e. The molecule has 0 aliphatic rings. The molecule has 5 heteroatoms. The van der Waals surface area contributed by atoms with Gasteiger partial charge in [0.1, 0.15) is 0 Å². The summed E-state index contributed by atoms with van der Waals surface area (Å²) in [4.78, 5) is 17.3. The topological polar surface area (TPSA) is 42.4 Å². The van der Waals surface area contributed by atoms with Crippen LogP contribution in [0.5, 0.6) is 0 Å². The van der Waals surface area contributed by atoms with Crippen molar-refractivity contribution in [1.29, 1.82) is 0 Å². The molecule has 1 heterocycles. The van der Waals surface area contributed by atoms with Gasteiger partial charge in [-0.2, -0.15) is 0 Å². The minimum atomic E-state index is -0.385. The van der Waals surface area contributed by atoms with Crippen LogP contribution in [-0.2, 0) is 4.74 Å². The van der Waals surface area contributed by atoms with Gasteiger partial charge in [-0.3, -0.25) is 0 Å². The lowest BCUT2D eigenvalue weighted by atomic mass is 10.4. The quantitative estimate of drug-likeness (QED) is 0.719. The number of hydrogen-bond acceptors (Lipinski definition) is 5. The summed E-state index contributed by atoms with van der Waals surface area (Å²) in [5, 5.41) is 2.54. The number of esters is 1. The van der Waals surface area contributed by atoms with Crippen LogP contribution in [0.1, 0.15) is 24.3 Å². The van der Waals surface area contributed by atoms with E-state index in [0.29, 0.717) is 11.7 Å². The van der Waals surface area contributed by atoms with Crippen LogP contribution in [0.2, 0.25) is 0 Å². The number of nitrogens with zero attached hydrogens (tertiary/aromatic N) is 2. The number of methoxy groups -OCH3 is 1. The molecule has 14 heavy (non-hydrogen) atoms. The monoisotopic (exact) mass is 214 g/mol. The molecule has 1 aromatic rings. The molecule has 0 unspecified atom stereocenters. The predicted molar refractivity (Wildman–Crippen MR) is 57.0 cm³/mol. The molecule has 0 spiro atoms. The first-order chi connectivity index (χ1) is 6.56. The van der Waals surface area contributed by atoms with E-state index in [1.807, 2.05) is 11.9 Å². The van der Waals surface area contributed by atoms with Gasteiger partial charge in [0.15, 0.2) is 10.8 Å². The normalized spacial score (nSPS) is 10.4. The van der Waals surface area contributed by atoms with Crippen LogP contribution in [0.3, 0.4) is 0 Å². The van der Waals surface area contributed by atoms with Crippen LogP contribution >= 0.6 is 11.3 Å². The van der Waals surface area contributed by atoms with Crippen LogP contribution in [0, 0.1) is 0 Å². The van der Waals surface area contributed by atoms with Crippen molar-refractivity contribution in [3.8, 4) is 0 Å². The second-order valence-electron chi connectivity index (χ2n) is 3.21. The van der Waals surface area contributed by atoms with E-state index in [1.54, 1.807) is 5.38 Å². The van der Waals surface area contributed by atoms with E-state index in [2.05, 4.69) is 23.6 Å². The van der Waals surface area contributed by atoms with Gasteiger partial charge in [-0.25, -0.2) is 9.78 Å². The van der Waals surface area contributed by atoms with Crippen LogP contribution < -0.4 is 4.90 Å². The Morgan fingerprint density at radius 3 is 2.79 bits per heavy atom. The summed E-state index contributed by atoms with van der Waals surface area (Å²) in [6.45, 7) is 4.14. The third-order valence-electron chi connectivity index (χ3n) is 1.96. The molecule has 78 valence electrons. The Morgan fingerprint density at radius 1 is 1.64 bits per heavy atom. The third kappa shape index (κ3) is 2.23. The Balaban J connectivity index is 2.82. The van der Waals surface area contributed by atoms with E-state index in [9.17, 15) is 4.79 Å². The fourth-order valence-corrected chi connectivity index (χ4v) is 1.74. The van der Waals surface area contributed by atoms with Crippen molar-refractivity contribution >= 4 is 22.4 Å². The summed E-state index contributed by atoms with van der Waals surface area (Å²) in [5.74, 6) is -0.385. The highest BCUT2D eigenvalue weighted by atomic mass is 32.1. The molecule has 0 aromatic carbocycles. The summed E-state index contributed by atoms with van der Waals surface area (Å²) in [5.41, 5.74) is 0.375. The van der Waals surface area contributed by atoms with Crippen molar-refractivity contribution in [3.05, 3.63) is 11.1 Å². The first-order valence-corrected chi connectivity index (χ1v) is 5.21. The van der Waals surface area contributed by atoms with Crippen LogP contribution in [0.25, 0.3) is 0 Å². The molecule has 0 N–H and O–H groups in total. The molecule has 0 saturated heterocycles. The Morgan fingerprint density at radius 2 is 2.29 bits per heavy atom. The van der Waals surface area contributed by atoms with Gasteiger partial charge >= 0.3 is 5.97 Å². The van der Waals surface area contributed by atoms with Gasteiger partial charge in [0.25, 0.3) is 0 Å². The molecule has 0 radical (unpaired) electrons. The second kappa shape index (κ2) is 4.41. The summed E-state index contributed by atoms with van der Waals surface area (Å²) in [6.07, 6.45) is 0. The van der Waals surface area contributed by atoms with E-state index >= 15 is 0 Å². The summed E-state index contributed by atoms with van der Waals surface area (Å²) < 4.78 is 4.58. The molecule has 0 aliphatic carbocycles. The Hall–Kier alpha value is -1.10. The van der Waals surface area contributed by atoms with Gasteiger partial charge < -0.3 is 9.64 Å². The average molecular weight is 214 g/mol. The smallest absolute Gasteiger partial charge is 0.357 e. The Labute approximate surface area is 87.5 Å². The maximum Gasteiger partial charge on any atom is 0.357 e. The van der Waals surface area contributed by atoms with E-state index in [0.717, 1.165) is 5.13 Å². The number of ether oxygens (including phenoxy) is 1. The summed E-state index contributed by atoms with van der Waals surface area (Å²) >= 11 is 1.44. The SMILES string of the molecule is COC(=O)c1csc(N(C)C(C)C)n1. The standard InChI is InChI=1S/C9H14N2O2S/c1-6(2)11(3)9-10-7(5-14-9)8(12)13-4/h5-6H,1-4H3. The summed E-state index contributed by atoms with van der Waals surface area (Å²) in [7, 11) is 3.30. The number of carbonyl (C=O) groups excluding carboxylic acids is 1. The first-order valence-electron chi connectivity index (χ1n) is 4.33. The third-order valence-corrected chi connectivity index (χ3v) is 2.89. The molecule has 4 nitrogen and oxygen atoms in total. The lowest BCUT2D eigenvalue weighted by Gasteiger charge is -2.19. The second-order valence-corrected chi connectivity index (χ2v) is 4.05. The van der Waals surface area contributed by atoms with Crippen molar-refractivity contribution in [2.75, 3.05) is 19.1 Å². The zero-order valence-electron chi connectivity index (χ0n) is 8.77. The number of anilines is 1. The van der Waals surface area contributed by atoms with Gasteiger partial charge in [-0.05, 0) is 13.8 Å². The van der Waals surface area contributed by atoms with Crippen molar-refractivity contribution < 1.29 is 9.53 Å². The largest absolute Gasteiger partial charge is 0.464 e. The van der Waals surface area contributed by atoms with Gasteiger partial charge in [0, 0.05) is 18.5 Å². The number of aromatic nitrogens is 1. The highest BCUT2D eigenvalue weighted by molar-refractivity contribution is 7.13. The van der Waals surface area contributed by atoms with E-state index in [-0.39, 0.29) is 5.97 Å². The van der Waals surface area contributed by atoms with Gasteiger partial charge in [-0.1, -0.05) is 0 Å². The molecule has 1 rings (SSSR count). The molecule has 0 amide bonds. The van der Waals surface area contributed by atoms with Crippen LogP contribution in [0.15, 0.2) is 5.38 Å². The number of rotatable bonds is 3. The van der Waals surface area contributed by atoms with Gasteiger partial charge in [0.2, 0.25) is 0 Å². The van der Waals surface area contributed by atoms with Gasteiger partial charge in [-0.15, -0.1) is 11.3 Å². The van der Waals surface area contributed by atoms with E-state index in [1.165, 1.54) is 18.4 Å². The van der Waals surface area contributed by atoms with Crippen molar-refractivity contribution in [1.82, 2.24) is 4.98 Å². The molecule has 0 saturated carbocycles. The minimum absolute atomic E-state index is 0.367. The maximum absolute atomic E-state index is 11.1. The molecule has 0 atom stereocenters. The van der Waals surface area contributed by atoms with Crippen molar-refractivity contribution in [3.63, 3.8) is 0 Å². The fraction of sp³-hybridized carbons (Fsp3) is 0.556. The Kier molecular flexibility index (Phi) is 3.46.